The zero-order valence-corrected chi connectivity index (χ0v) is 19.4. The number of sulfonamides is 1. The van der Waals surface area contributed by atoms with Gasteiger partial charge in [0.2, 0.25) is 10.0 Å². The minimum Gasteiger partial charge on any atom is -0.298 e. The number of nitrogens with one attached hydrogen (secondary N) is 1. The Bertz CT molecular complexity index is 1150. The third kappa shape index (κ3) is 4.71. The maximum Gasteiger partial charge on any atom is 0.257 e. The topological polar surface area (TPSA) is 79.4 Å². The van der Waals surface area contributed by atoms with Gasteiger partial charge in [0.25, 0.3) is 5.91 Å². The van der Waals surface area contributed by atoms with Gasteiger partial charge < -0.3 is 0 Å². The molecule has 0 radical (unpaired) electrons. The second-order valence-electron chi connectivity index (χ2n) is 7.33. The largest absolute Gasteiger partial charge is 0.298 e. The lowest BCUT2D eigenvalue weighted by Gasteiger charge is -2.21. The van der Waals surface area contributed by atoms with E-state index in [2.05, 4.69) is 16.4 Å². The summed E-state index contributed by atoms with van der Waals surface area (Å²) in [4.78, 5) is 17.3. The number of benzene rings is 2. The highest BCUT2D eigenvalue weighted by atomic mass is 32.2. The van der Waals surface area contributed by atoms with Crippen molar-refractivity contribution in [3.63, 3.8) is 0 Å². The molecule has 160 valence electrons. The van der Waals surface area contributed by atoms with E-state index in [4.69, 9.17) is 0 Å². The molecule has 1 heterocycles. The molecule has 0 atom stereocenters. The number of fused-ring (bicyclic) bond motifs is 1. The highest BCUT2D eigenvalue weighted by Crippen LogP contribution is 2.30. The molecule has 0 aliphatic heterocycles. The molecule has 0 aliphatic rings. The van der Waals surface area contributed by atoms with E-state index < -0.39 is 10.0 Å². The third-order valence-electron chi connectivity index (χ3n) is 4.74. The van der Waals surface area contributed by atoms with Crippen LogP contribution in [0.5, 0.6) is 0 Å². The summed E-state index contributed by atoms with van der Waals surface area (Å²) in [6, 6.07) is 10.2. The van der Waals surface area contributed by atoms with Crippen LogP contribution in [-0.2, 0) is 10.0 Å². The van der Waals surface area contributed by atoms with Crippen LogP contribution < -0.4 is 5.32 Å². The number of carbonyl (C=O) groups is 1. The fourth-order valence-electron chi connectivity index (χ4n) is 3.38. The second-order valence-corrected chi connectivity index (χ2v) is 10.3. The number of thiazole rings is 1. The highest BCUT2D eigenvalue weighted by Gasteiger charge is 2.23. The first-order chi connectivity index (χ1) is 14.3. The lowest BCUT2D eigenvalue weighted by molar-refractivity contribution is 0.102. The number of anilines is 1. The van der Waals surface area contributed by atoms with E-state index in [0.29, 0.717) is 23.8 Å². The molecule has 1 amide bonds. The van der Waals surface area contributed by atoms with E-state index in [1.165, 1.54) is 27.8 Å². The van der Waals surface area contributed by atoms with Crippen LogP contribution in [0.4, 0.5) is 5.13 Å². The van der Waals surface area contributed by atoms with E-state index in [9.17, 15) is 13.2 Å². The van der Waals surface area contributed by atoms with Crippen LogP contribution >= 0.6 is 11.3 Å². The van der Waals surface area contributed by atoms with Crippen molar-refractivity contribution in [2.45, 2.75) is 45.4 Å². The smallest absolute Gasteiger partial charge is 0.257 e. The average molecular weight is 446 g/mol. The Hall–Kier alpha value is -2.29. The first kappa shape index (κ1) is 22.4. The predicted octanol–water partition coefficient (Wildman–Crippen LogP) is 4.98. The Morgan fingerprint density at radius 3 is 2.30 bits per heavy atom. The zero-order valence-electron chi connectivity index (χ0n) is 17.7. The number of amides is 1. The summed E-state index contributed by atoms with van der Waals surface area (Å²) in [5.41, 5.74) is 3.50. The predicted molar refractivity (Wildman–Crippen MR) is 123 cm³/mol. The van der Waals surface area contributed by atoms with Crippen LogP contribution in [0.15, 0.2) is 41.3 Å². The van der Waals surface area contributed by atoms with Crippen LogP contribution in [0.2, 0.25) is 0 Å². The van der Waals surface area contributed by atoms with Gasteiger partial charge in [-0.25, -0.2) is 13.4 Å². The lowest BCUT2D eigenvalue weighted by Crippen LogP contribution is -2.32. The van der Waals surface area contributed by atoms with Gasteiger partial charge in [0.05, 0.1) is 15.1 Å². The normalized spacial score (nSPS) is 11.9. The van der Waals surface area contributed by atoms with E-state index >= 15 is 0 Å². The number of aryl methyl sites for hydroxylation is 2. The first-order valence-corrected chi connectivity index (χ1v) is 12.3. The molecular weight excluding hydrogens is 418 g/mol. The minimum atomic E-state index is -3.56. The molecule has 8 heteroatoms. The van der Waals surface area contributed by atoms with Crippen molar-refractivity contribution in [3.8, 4) is 0 Å². The number of aromatic nitrogens is 1. The Morgan fingerprint density at radius 1 is 1.07 bits per heavy atom. The number of nitrogens with zero attached hydrogens (tertiary/aromatic N) is 2. The van der Waals surface area contributed by atoms with Crippen molar-refractivity contribution in [3.05, 3.63) is 53.1 Å². The SMILES string of the molecule is CCCN(CCC)S(=O)(=O)c1ccc(C(=O)Nc2nc3cc(C)cc(C)c3s2)cc1. The molecule has 0 saturated heterocycles. The second kappa shape index (κ2) is 9.24. The summed E-state index contributed by atoms with van der Waals surface area (Å²) < 4.78 is 28.3. The van der Waals surface area contributed by atoms with Crippen molar-refractivity contribution in [1.82, 2.24) is 9.29 Å². The minimum absolute atomic E-state index is 0.201. The van der Waals surface area contributed by atoms with Gasteiger partial charge in [-0.2, -0.15) is 4.31 Å². The first-order valence-electron chi connectivity index (χ1n) is 10.1. The standard InChI is InChI=1S/C22H27N3O3S2/c1-5-11-25(12-6-2)30(27,28)18-9-7-17(8-10-18)21(26)24-22-23-19-14-15(3)13-16(4)20(19)29-22/h7-10,13-14H,5-6,11-12H2,1-4H3,(H,23,24,26). The molecule has 0 fully saturated rings. The van der Waals surface area contributed by atoms with Gasteiger partial charge >= 0.3 is 0 Å². The van der Waals surface area contributed by atoms with Crippen molar-refractivity contribution in [2.75, 3.05) is 18.4 Å². The van der Waals surface area contributed by atoms with Crippen LogP contribution in [0.1, 0.15) is 48.2 Å². The Balaban J connectivity index is 1.79. The molecule has 0 unspecified atom stereocenters. The van der Waals surface area contributed by atoms with E-state index in [1.54, 1.807) is 12.1 Å². The van der Waals surface area contributed by atoms with Crippen LogP contribution in [-0.4, -0.2) is 36.7 Å². The van der Waals surface area contributed by atoms with E-state index in [-0.39, 0.29) is 10.8 Å². The molecular formula is C22H27N3O3S2. The van der Waals surface area contributed by atoms with E-state index in [0.717, 1.165) is 34.2 Å². The average Bonchev–Trinajstić information content (AvgIpc) is 3.10. The quantitative estimate of drug-likeness (QED) is 0.530. The lowest BCUT2D eigenvalue weighted by atomic mass is 10.1. The molecule has 6 nitrogen and oxygen atoms in total. The van der Waals surface area contributed by atoms with Gasteiger partial charge in [0.15, 0.2) is 5.13 Å². The number of hydrogen-bond donors (Lipinski definition) is 1. The highest BCUT2D eigenvalue weighted by molar-refractivity contribution is 7.89. The molecule has 1 aromatic heterocycles. The summed E-state index contributed by atoms with van der Waals surface area (Å²) in [6.45, 7) is 8.91. The Morgan fingerprint density at radius 2 is 1.70 bits per heavy atom. The molecule has 3 aromatic rings. The van der Waals surface area contributed by atoms with Gasteiger partial charge in [-0.1, -0.05) is 31.3 Å². The van der Waals surface area contributed by atoms with Gasteiger partial charge in [-0.3, -0.25) is 10.1 Å². The summed E-state index contributed by atoms with van der Waals surface area (Å²) in [5, 5.41) is 3.35. The fourth-order valence-corrected chi connectivity index (χ4v) is 5.91. The Kier molecular flexibility index (Phi) is 6.90. The summed E-state index contributed by atoms with van der Waals surface area (Å²) >= 11 is 1.43. The zero-order chi connectivity index (χ0) is 21.9. The molecule has 0 spiro atoms. The third-order valence-corrected chi connectivity index (χ3v) is 7.78. The van der Waals surface area contributed by atoms with Crippen LogP contribution in [0, 0.1) is 13.8 Å². The molecule has 0 saturated carbocycles. The molecule has 1 N–H and O–H groups in total. The van der Waals surface area contributed by atoms with E-state index in [1.807, 2.05) is 33.8 Å². The number of carbonyl (C=O) groups excluding carboxylic acids is 1. The van der Waals surface area contributed by atoms with Crippen molar-refractivity contribution in [2.24, 2.45) is 0 Å². The molecule has 3 rings (SSSR count). The number of rotatable bonds is 8. The summed E-state index contributed by atoms with van der Waals surface area (Å²) in [7, 11) is -3.56. The van der Waals surface area contributed by atoms with Crippen LogP contribution in [0.3, 0.4) is 0 Å². The van der Waals surface area contributed by atoms with Gasteiger partial charge in [-0.05, 0) is 68.1 Å². The fraction of sp³-hybridized carbons (Fsp3) is 0.364. The molecule has 0 bridgehead atoms. The van der Waals surface area contributed by atoms with Gasteiger partial charge in [-0.15, -0.1) is 0 Å². The molecule has 2 aromatic carbocycles. The van der Waals surface area contributed by atoms with Gasteiger partial charge in [0.1, 0.15) is 0 Å². The number of hydrogen-bond acceptors (Lipinski definition) is 5. The maximum atomic E-state index is 12.9. The van der Waals surface area contributed by atoms with Crippen molar-refractivity contribution < 1.29 is 13.2 Å². The Labute approximate surface area is 182 Å². The molecule has 30 heavy (non-hydrogen) atoms. The maximum absolute atomic E-state index is 12.9. The van der Waals surface area contributed by atoms with Crippen LogP contribution in [0.25, 0.3) is 10.2 Å². The van der Waals surface area contributed by atoms with Crippen molar-refractivity contribution >= 4 is 42.6 Å². The monoisotopic (exact) mass is 445 g/mol. The van der Waals surface area contributed by atoms with Gasteiger partial charge in [0, 0.05) is 18.7 Å². The van der Waals surface area contributed by atoms with Crippen molar-refractivity contribution in [1.29, 1.82) is 0 Å². The summed E-state index contributed by atoms with van der Waals surface area (Å²) in [6.07, 6.45) is 1.50. The molecule has 0 aliphatic carbocycles. The summed E-state index contributed by atoms with van der Waals surface area (Å²) in [5.74, 6) is -0.314.